The fourth-order valence-corrected chi connectivity index (χ4v) is 2.32. The third kappa shape index (κ3) is 2.79. The second-order valence-corrected chi connectivity index (χ2v) is 4.54. The van der Waals surface area contributed by atoms with Crippen LogP contribution in [0.1, 0.15) is 18.9 Å². The number of nitrogens with two attached hydrogens (primary N) is 1. The van der Waals surface area contributed by atoms with Gasteiger partial charge in [-0.15, -0.1) is 0 Å². The lowest BCUT2D eigenvalue weighted by atomic mass is 10.2. The van der Waals surface area contributed by atoms with E-state index in [1.807, 2.05) is 17.0 Å². The van der Waals surface area contributed by atoms with Crippen LogP contribution in [0.5, 0.6) is 0 Å². The molecule has 0 bridgehead atoms. The summed E-state index contributed by atoms with van der Waals surface area (Å²) in [4.78, 5) is 19.9. The van der Waals surface area contributed by atoms with E-state index >= 15 is 0 Å². The molecule has 2 rings (SSSR count). The van der Waals surface area contributed by atoms with E-state index in [1.54, 1.807) is 13.1 Å². The number of hydrogen-bond donors (Lipinski definition) is 1. The molecule has 5 heteroatoms. The van der Waals surface area contributed by atoms with Gasteiger partial charge in [0.2, 0.25) is 5.91 Å². The largest absolute Gasteiger partial charge is 0.355 e. The second-order valence-electron chi connectivity index (χ2n) is 4.54. The number of anilines is 1. The maximum absolute atomic E-state index is 11.4. The molecule has 1 aromatic heterocycles. The van der Waals surface area contributed by atoms with Crippen molar-refractivity contribution in [3.05, 3.63) is 23.9 Å². The number of hydrogen-bond acceptors (Lipinski definition) is 4. The van der Waals surface area contributed by atoms with Crippen LogP contribution in [0.3, 0.4) is 0 Å². The summed E-state index contributed by atoms with van der Waals surface area (Å²) in [6.45, 7) is 5.46. The summed E-state index contributed by atoms with van der Waals surface area (Å²) in [5.41, 5.74) is 6.80. The summed E-state index contributed by atoms with van der Waals surface area (Å²) in [6.07, 6.45) is 2.77. The Morgan fingerprint density at radius 3 is 2.94 bits per heavy atom. The molecule has 1 fully saturated rings. The number of aromatic nitrogens is 1. The molecular weight excluding hydrogens is 228 g/mol. The monoisotopic (exact) mass is 248 g/mol. The summed E-state index contributed by atoms with van der Waals surface area (Å²) in [6, 6.07) is 3.92. The lowest BCUT2D eigenvalue weighted by Gasteiger charge is -2.24. The average Bonchev–Trinajstić information content (AvgIpc) is 2.64. The topological polar surface area (TPSA) is 62.5 Å². The highest BCUT2D eigenvalue weighted by Crippen LogP contribution is 2.18. The molecule has 0 spiro atoms. The van der Waals surface area contributed by atoms with Gasteiger partial charge in [-0.05, 0) is 12.5 Å². The lowest BCUT2D eigenvalue weighted by molar-refractivity contribution is -0.128. The van der Waals surface area contributed by atoms with Crippen LogP contribution in [0.25, 0.3) is 0 Å². The number of rotatable bonds is 2. The number of nitrogens with zero attached hydrogens (tertiary/aromatic N) is 3. The summed E-state index contributed by atoms with van der Waals surface area (Å²) >= 11 is 0. The van der Waals surface area contributed by atoms with Crippen molar-refractivity contribution in [2.45, 2.75) is 19.9 Å². The molecule has 0 saturated carbocycles. The van der Waals surface area contributed by atoms with Crippen LogP contribution < -0.4 is 10.6 Å². The third-order valence-electron chi connectivity index (χ3n) is 3.33. The maximum Gasteiger partial charge on any atom is 0.219 e. The highest BCUT2D eigenvalue weighted by molar-refractivity contribution is 5.73. The van der Waals surface area contributed by atoms with Crippen molar-refractivity contribution in [3.63, 3.8) is 0 Å². The van der Waals surface area contributed by atoms with Crippen molar-refractivity contribution in [2.75, 3.05) is 31.1 Å². The maximum atomic E-state index is 11.4. The van der Waals surface area contributed by atoms with E-state index < -0.39 is 0 Å². The van der Waals surface area contributed by atoms with Crippen molar-refractivity contribution in [1.82, 2.24) is 9.88 Å². The Morgan fingerprint density at radius 2 is 2.22 bits per heavy atom. The molecule has 1 saturated heterocycles. The minimum Gasteiger partial charge on any atom is -0.355 e. The van der Waals surface area contributed by atoms with Gasteiger partial charge in [-0.2, -0.15) is 0 Å². The molecule has 0 aromatic carbocycles. The Balaban J connectivity index is 2.12. The molecule has 1 aromatic rings. The van der Waals surface area contributed by atoms with Gasteiger partial charge in [-0.1, -0.05) is 6.07 Å². The molecule has 2 heterocycles. The SMILES string of the molecule is CC(=O)N1CCCN(c2ncccc2CN)CC1. The molecule has 5 nitrogen and oxygen atoms in total. The van der Waals surface area contributed by atoms with Gasteiger partial charge in [0, 0.05) is 51.4 Å². The lowest BCUT2D eigenvalue weighted by Crippen LogP contribution is -2.34. The van der Waals surface area contributed by atoms with Crippen molar-refractivity contribution >= 4 is 11.7 Å². The zero-order valence-corrected chi connectivity index (χ0v) is 10.8. The standard InChI is InChI=1S/C13H20N4O/c1-11(18)16-6-3-7-17(9-8-16)13-12(10-14)4-2-5-15-13/h2,4-5H,3,6-10,14H2,1H3. The molecule has 98 valence electrons. The van der Waals surface area contributed by atoms with E-state index in [0.717, 1.165) is 44.0 Å². The Bertz CT molecular complexity index is 421. The van der Waals surface area contributed by atoms with Crippen LogP contribution in [-0.2, 0) is 11.3 Å². The number of carbonyl (C=O) groups is 1. The van der Waals surface area contributed by atoms with E-state index in [0.29, 0.717) is 6.54 Å². The van der Waals surface area contributed by atoms with Crippen LogP contribution in [0, 0.1) is 0 Å². The molecule has 0 atom stereocenters. The van der Waals surface area contributed by atoms with E-state index in [2.05, 4.69) is 9.88 Å². The molecule has 18 heavy (non-hydrogen) atoms. The van der Waals surface area contributed by atoms with Gasteiger partial charge in [0.15, 0.2) is 0 Å². The predicted molar refractivity (Wildman–Crippen MR) is 71.2 cm³/mol. The minimum atomic E-state index is 0.150. The summed E-state index contributed by atoms with van der Waals surface area (Å²) in [5, 5.41) is 0. The summed E-state index contributed by atoms with van der Waals surface area (Å²) < 4.78 is 0. The van der Waals surface area contributed by atoms with Gasteiger partial charge >= 0.3 is 0 Å². The van der Waals surface area contributed by atoms with Crippen molar-refractivity contribution in [3.8, 4) is 0 Å². The number of carbonyl (C=O) groups excluding carboxylic acids is 1. The van der Waals surface area contributed by atoms with Gasteiger partial charge in [0.05, 0.1) is 0 Å². The smallest absolute Gasteiger partial charge is 0.219 e. The Kier molecular flexibility index (Phi) is 4.15. The van der Waals surface area contributed by atoms with Crippen molar-refractivity contribution in [2.24, 2.45) is 5.73 Å². The number of pyridine rings is 1. The quantitative estimate of drug-likeness (QED) is 0.832. The van der Waals surface area contributed by atoms with Crippen LogP contribution in [-0.4, -0.2) is 42.0 Å². The molecule has 2 N–H and O–H groups in total. The number of amides is 1. The molecule has 0 unspecified atom stereocenters. The Labute approximate surface area is 108 Å². The van der Waals surface area contributed by atoms with Gasteiger partial charge in [0.1, 0.15) is 5.82 Å². The van der Waals surface area contributed by atoms with Gasteiger partial charge in [-0.3, -0.25) is 4.79 Å². The first-order valence-corrected chi connectivity index (χ1v) is 6.37. The van der Waals surface area contributed by atoms with Gasteiger partial charge in [-0.25, -0.2) is 4.98 Å². The van der Waals surface area contributed by atoms with E-state index in [9.17, 15) is 4.79 Å². The fraction of sp³-hybridized carbons (Fsp3) is 0.538. The molecule has 1 amide bonds. The van der Waals surface area contributed by atoms with Crippen LogP contribution in [0.2, 0.25) is 0 Å². The van der Waals surface area contributed by atoms with Crippen LogP contribution >= 0.6 is 0 Å². The van der Waals surface area contributed by atoms with E-state index in [1.165, 1.54) is 0 Å². The van der Waals surface area contributed by atoms with Crippen molar-refractivity contribution < 1.29 is 4.79 Å². The zero-order chi connectivity index (χ0) is 13.0. The molecule has 1 aliphatic heterocycles. The zero-order valence-electron chi connectivity index (χ0n) is 10.8. The third-order valence-corrected chi connectivity index (χ3v) is 3.33. The summed E-state index contributed by atoms with van der Waals surface area (Å²) in [7, 11) is 0. The normalized spacial score (nSPS) is 16.6. The first-order valence-electron chi connectivity index (χ1n) is 6.37. The Morgan fingerprint density at radius 1 is 1.39 bits per heavy atom. The van der Waals surface area contributed by atoms with Crippen LogP contribution in [0.4, 0.5) is 5.82 Å². The molecular formula is C13H20N4O. The fourth-order valence-electron chi connectivity index (χ4n) is 2.32. The Hall–Kier alpha value is -1.62. The highest BCUT2D eigenvalue weighted by Gasteiger charge is 2.18. The molecule has 0 radical (unpaired) electrons. The van der Waals surface area contributed by atoms with Crippen molar-refractivity contribution in [1.29, 1.82) is 0 Å². The molecule has 0 aliphatic carbocycles. The minimum absolute atomic E-state index is 0.150. The van der Waals surface area contributed by atoms with E-state index in [-0.39, 0.29) is 5.91 Å². The predicted octanol–water partition coefficient (Wildman–Crippen LogP) is 0.599. The highest BCUT2D eigenvalue weighted by atomic mass is 16.2. The first-order chi connectivity index (χ1) is 8.72. The second kappa shape index (κ2) is 5.82. The molecule has 1 aliphatic rings. The summed E-state index contributed by atoms with van der Waals surface area (Å²) in [5.74, 6) is 1.11. The van der Waals surface area contributed by atoms with Gasteiger partial charge < -0.3 is 15.5 Å². The van der Waals surface area contributed by atoms with E-state index in [4.69, 9.17) is 5.73 Å². The first kappa shape index (κ1) is 12.8. The average molecular weight is 248 g/mol. The van der Waals surface area contributed by atoms with Gasteiger partial charge in [0.25, 0.3) is 0 Å². The van der Waals surface area contributed by atoms with Crippen LogP contribution in [0.15, 0.2) is 18.3 Å².